The molecule has 0 aliphatic heterocycles. The Bertz CT molecular complexity index is 550. The highest BCUT2D eigenvalue weighted by molar-refractivity contribution is 5.55. The molecule has 0 saturated heterocycles. The number of ether oxygens (including phenoxy) is 1. The van der Waals surface area contributed by atoms with Gasteiger partial charge in [-0.15, -0.1) is 0 Å². The van der Waals surface area contributed by atoms with Gasteiger partial charge in [0.15, 0.2) is 0 Å². The lowest BCUT2D eigenvalue weighted by Gasteiger charge is -2.11. The first-order valence-corrected chi connectivity index (χ1v) is 5.54. The van der Waals surface area contributed by atoms with Gasteiger partial charge in [0, 0.05) is 6.20 Å². The fourth-order valence-electron chi connectivity index (χ4n) is 1.64. The third-order valence-corrected chi connectivity index (χ3v) is 2.71. The van der Waals surface area contributed by atoms with Crippen molar-refractivity contribution < 1.29 is 4.74 Å². The summed E-state index contributed by atoms with van der Waals surface area (Å²) in [5.41, 5.74) is 9.77. The zero-order chi connectivity index (χ0) is 12.4. The van der Waals surface area contributed by atoms with E-state index in [1.54, 1.807) is 6.20 Å². The van der Waals surface area contributed by atoms with Gasteiger partial charge in [-0.3, -0.25) is 0 Å². The Morgan fingerprint density at radius 2 is 1.82 bits per heavy atom. The molecule has 2 aromatic rings. The van der Waals surface area contributed by atoms with Crippen molar-refractivity contribution in [3.05, 3.63) is 47.2 Å². The molecule has 0 radical (unpaired) electrons. The Morgan fingerprint density at radius 1 is 1.06 bits per heavy atom. The van der Waals surface area contributed by atoms with Crippen molar-refractivity contribution in [3.8, 4) is 11.6 Å². The molecule has 2 N–H and O–H groups in total. The van der Waals surface area contributed by atoms with Crippen LogP contribution in [0.25, 0.3) is 0 Å². The van der Waals surface area contributed by atoms with Gasteiger partial charge in [-0.2, -0.15) is 0 Å². The minimum atomic E-state index is 0.469. The SMILES string of the molecule is Cc1ccc(Oc2nccc(C)c2N)c(C)c1. The fraction of sp³-hybridized carbons (Fsp3) is 0.214. The Morgan fingerprint density at radius 3 is 2.53 bits per heavy atom. The number of nitrogen functional groups attached to an aromatic ring is 1. The molecule has 0 fully saturated rings. The van der Waals surface area contributed by atoms with Crippen molar-refractivity contribution in [2.45, 2.75) is 20.8 Å². The third-order valence-electron chi connectivity index (χ3n) is 2.71. The first-order chi connectivity index (χ1) is 8.08. The molecule has 0 saturated carbocycles. The summed E-state index contributed by atoms with van der Waals surface area (Å²) in [5.74, 6) is 1.26. The van der Waals surface area contributed by atoms with Crippen LogP contribution >= 0.6 is 0 Å². The van der Waals surface area contributed by atoms with Gasteiger partial charge in [-0.25, -0.2) is 4.98 Å². The van der Waals surface area contributed by atoms with Crippen molar-refractivity contribution in [1.29, 1.82) is 0 Å². The maximum absolute atomic E-state index is 5.92. The van der Waals surface area contributed by atoms with Gasteiger partial charge in [-0.1, -0.05) is 17.7 Å². The Kier molecular flexibility index (Phi) is 3.00. The number of aryl methyl sites for hydroxylation is 3. The smallest absolute Gasteiger partial charge is 0.242 e. The summed E-state index contributed by atoms with van der Waals surface area (Å²) in [6, 6.07) is 7.88. The van der Waals surface area contributed by atoms with Gasteiger partial charge in [-0.05, 0) is 44.0 Å². The van der Waals surface area contributed by atoms with Gasteiger partial charge in [0.05, 0.1) is 5.69 Å². The van der Waals surface area contributed by atoms with E-state index in [0.29, 0.717) is 11.6 Å². The second kappa shape index (κ2) is 4.45. The lowest BCUT2D eigenvalue weighted by Crippen LogP contribution is -1.98. The van der Waals surface area contributed by atoms with Crippen LogP contribution in [0.15, 0.2) is 30.5 Å². The van der Waals surface area contributed by atoms with E-state index in [9.17, 15) is 0 Å². The van der Waals surface area contributed by atoms with E-state index in [-0.39, 0.29) is 0 Å². The summed E-state index contributed by atoms with van der Waals surface area (Å²) < 4.78 is 5.74. The van der Waals surface area contributed by atoms with Crippen molar-refractivity contribution in [2.24, 2.45) is 0 Å². The second-order valence-electron chi connectivity index (χ2n) is 4.22. The minimum Gasteiger partial charge on any atom is -0.437 e. The summed E-state index contributed by atoms with van der Waals surface area (Å²) in [4.78, 5) is 4.15. The standard InChI is InChI=1S/C14H16N2O/c1-9-4-5-12(11(3)8-9)17-14-13(15)10(2)6-7-16-14/h4-8H,15H2,1-3H3. The molecule has 3 heteroatoms. The Labute approximate surface area is 101 Å². The molecule has 17 heavy (non-hydrogen) atoms. The van der Waals surface area contributed by atoms with Gasteiger partial charge in [0.2, 0.25) is 5.88 Å². The zero-order valence-electron chi connectivity index (χ0n) is 10.3. The first-order valence-electron chi connectivity index (χ1n) is 5.54. The van der Waals surface area contributed by atoms with Crippen LogP contribution in [0.1, 0.15) is 16.7 Å². The minimum absolute atomic E-state index is 0.469. The highest BCUT2D eigenvalue weighted by atomic mass is 16.5. The maximum atomic E-state index is 5.92. The molecule has 3 nitrogen and oxygen atoms in total. The first kappa shape index (κ1) is 11.5. The van der Waals surface area contributed by atoms with Crippen LogP contribution in [0.3, 0.4) is 0 Å². The molecular formula is C14H16N2O. The van der Waals surface area contributed by atoms with E-state index in [4.69, 9.17) is 10.5 Å². The van der Waals surface area contributed by atoms with Gasteiger partial charge >= 0.3 is 0 Å². The molecule has 2 rings (SSSR count). The number of pyridine rings is 1. The average molecular weight is 228 g/mol. The fourth-order valence-corrected chi connectivity index (χ4v) is 1.64. The van der Waals surface area contributed by atoms with Crippen LogP contribution in [-0.4, -0.2) is 4.98 Å². The summed E-state index contributed by atoms with van der Waals surface area (Å²) in [6.45, 7) is 6.00. The van der Waals surface area contributed by atoms with Gasteiger partial charge in [0.25, 0.3) is 0 Å². The molecule has 1 aromatic heterocycles. The predicted molar refractivity (Wildman–Crippen MR) is 69.4 cm³/mol. The molecule has 1 heterocycles. The van der Waals surface area contributed by atoms with Crippen LogP contribution in [-0.2, 0) is 0 Å². The van der Waals surface area contributed by atoms with Crippen LogP contribution in [0.2, 0.25) is 0 Å². The predicted octanol–water partition coefficient (Wildman–Crippen LogP) is 3.38. The molecule has 88 valence electrons. The largest absolute Gasteiger partial charge is 0.437 e. The average Bonchev–Trinajstić information content (AvgIpc) is 2.28. The molecule has 1 aromatic carbocycles. The van der Waals surface area contributed by atoms with E-state index in [1.165, 1.54) is 5.56 Å². The lowest BCUT2D eigenvalue weighted by molar-refractivity contribution is 0.461. The van der Waals surface area contributed by atoms with E-state index in [1.807, 2.05) is 32.0 Å². The van der Waals surface area contributed by atoms with E-state index >= 15 is 0 Å². The number of aromatic nitrogens is 1. The van der Waals surface area contributed by atoms with Crippen molar-refractivity contribution in [2.75, 3.05) is 5.73 Å². The van der Waals surface area contributed by atoms with Crippen molar-refractivity contribution in [1.82, 2.24) is 4.98 Å². The maximum Gasteiger partial charge on any atom is 0.242 e. The van der Waals surface area contributed by atoms with Gasteiger partial charge in [0.1, 0.15) is 5.75 Å². The molecular weight excluding hydrogens is 212 g/mol. The molecule has 0 aliphatic rings. The monoisotopic (exact) mass is 228 g/mol. The normalized spacial score (nSPS) is 10.3. The summed E-state index contributed by atoms with van der Waals surface area (Å²) in [7, 11) is 0. The van der Waals surface area contributed by atoms with E-state index in [0.717, 1.165) is 16.9 Å². The Hall–Kier alpha value is -2.03. The number of nitrogens with two attached hydrogens (primary N) is 1. The quantitative estimate of drug-likeness (QED) is 0.857. The highest BCUT2D eigenvalue weighted by Crippen LogP contribution is 2.29. The summed E-state index contributed by atoms with van der Waals surface area (Å²) in [6.07, 6.45) is 1.70. The molecule has 0 atom stereocenters. The molecule has 0 amide bonds. The zero-order valence-corrected chi connectivity index (χ0v) is 10.3. The number of benzene rings is 1. The summed E-state index contributed by atoms with van der Waals surface area (Å²) >= 11 is 0. The van der Waals surface area contributed by atoms with Crippen LogP contribution < -0.4 is 10.5 Å². The molecule has 0 unspecified atom stereocenters. The third kappa shape index (κ3) is 2.38. The van der Waals surface area contributed by atoms with Gasteiger partial charge < -0.3 is 10.5 Å². The second-order valence-corrected chi connectivity index (χ2v) is 4.22. The molecule has 0 spiro atoms. The van der Waals surface area contributed by atoms with E-state index in [2.05, 4.69) is 18.0 Å². The topological polar surface area (TPSA) is 48.1 Å². The lowest BCUT2D eigenvalue weighted by atomic mass is 10.1. The Balaban J connectivity index is 2.35. The molecule has 0 aliphatic carbocycles. The number of anilines is 1. The number of nitrogens with zero attached hydrogens (tertiary/aromatic N) is 1. The van der Waals surface area contributed by atoms with Crippen LogP contribution in [0.4, 0.5) is 5.69 Å². The van der Waals surface area contributed by atoms with Crippen LogP contribution in [0.5, 0.6) is 11.6 Å². The number of hydrogen-bond donors (Lipinski definition) is 1. The number of hydrogen-bond acceptors (Lipinski definition) is 3. The van der Waals surface area contributed by atoms with Crippen molar-refractivity contribution in [3.63, 3.8) is 0 Å². The number of rotatable bonds is 2. The van der Waals surface area contributed by atoms with Crippen LogP contribution in [0, 0.1) is 20.8 Å². The van der Waals surface area contributed by atoms with Crippen molar-refractivity contribution >= 4 is 5.69 Å². The summed E-state index contributed by atoms with van der Waals surface area (Å²) in [5, 5.41) is 0. The highest BCUT2D eigenvalue weighted by Gasteiger charge is 2.07. The molecule has 0 bridgehead atoms. The van der Waals surface area contributed by atoms with E-state index < -0.39 is 0 Å².